The van der Waals surface area contributed by atoms with Crippen LogP contribution in [-0.2, 0) is 25.7 Å². The van der Waals surface area contributed by atoms with Crippen molar-refractivity contribution in [2.24, 2.45) is 0 Å². The second kappa shape index (κ2) is 14.1. The predicted molar refractivity (Wildman–Crippen MR) is 109 cm³/mol. The SMILES string of the molecule is CCCCCCCC(CC(=O)OCC)N(Cc1ccc(C(=O)OC)cc1)OC. The number of ether oxygens (including phenoxy) is 2. The lowest BCUT2D eigenvalue weighted by molar-refractivity contribution is -0.180. The highest BCUT2D eigenvalue weighted by molar-refractivity contribution is 5.89. The molecule has 0 heterocycles. The Morgan fingerprint density at radius 2 is 1.68 bits per heavy atom. The molecule has 28 heavy (non-hydrogen) atoms. The van der Waals surface area contributed by atoms with Crippen LogP contribution in [0.15, 0.2) is 24.3 Å². The zero-order valence-corrected chi connectivity index (χ0v) is 17.7. The average Bonchev–Trinajstić information content (AvgIpc) is 2.71. The Balaban J connectivity index is 2.75. The Morgan fingerprint density at radius 3 is 2.25 bits per heavy atom. The Bertz CT molecular complexity index is 573. The third-order valence-corrected chi connectivity index (χ3v) is 4.70. The van der Waals surface area contributed by atoms with E-state index in [0.717, 1.165) is 24.8 Å². The predicted octanol–water partition coefficient (Wildman–Crippen LogP) is 4.52. The van der Waals surface area contributed by atoms with Crippen LogP contribution in [0.2, 0.25) is 0 Å². The molecule has 0 aliphatic rings. The van der Waals surface area contributed by atoms with E-state index in [1.807, 2.05) is 24.1 Å². The van der Waals surface area contributed by atoms with E-state index >= 15 is 0 Å². The maximum absolute atomic E-state index is 12.1. The molecule has 6 heteroatoms. The van der Waals surface area contributed by atoms with E-state index in [2.05, 4.69) is 6.92 Å². The van der Waals surface area contributed by atoms with Gasteiger partial charge in [-0.1, -0.05) is 51.2 Å². The van der Waals surface area contributed by atoms with Gasteiger partial charge < -0.3 is 14.3 Å². The fraction of sp³-hybridized carbons (Fsp3) is 0.636. The van der Waals surface area contributed by atoms with Gasteiger partial charge in [-0.25, -0.2) is 4.79 Å². The van der Waals surface area contributed by atoms with Gasteiger partial charge in [0.15, 0.2) is 0 Å². The number of carbonyl (C=O) groups excluding carboxylic acids is 2. The quantitative estimate of drug-likeness (QED) is 0.263. The summed E-state index contributed by atoms with van der Waals surface area (Å²) in [5.74, 6) is -0.563. The largest absolute Gasteiger partial charge is 0.466 e. The molecule has 1 unspecified atom stereocenters. The molecule has 0 spiro atoms. The van der Waals surface area contributed by atoms with E-state index in [4.69, 9.17) is 14.3 Å². The number of hydrogen-bond donors (Lipinski definition) is 0. The lowest BCUT2D eigenvalue weighted by Gasteiger charge is -2.29. The summed E-state index contributed by atoms with van der Waals surface area (Å²) in [5, 5.41) is 1.84. The van der Waals surface area contributed by atoms with Crippen LogP contribution in [0.1, 0.15) is 74.7 Å². The average molecular weight is 394 g/mol. The van der Waals surface area contributed by atoms with Crippen LogP contribution < -0.4 is 0 Å². The molecule has 0 aliphatic heterocycles. The highest BCUT2D eigenvalue weighted by Crippen LogP contribution is 2.19. The molecule has 1 rings (SSSR count). The zero-order chi connectivity index (χ0) is 20.8. The normalized spacial score (nSPS) is 12.0. The second-order valence-electron chi connectivity index (χ2n) is 6.81. The first-order chi connectivity index (χ1) is 13.5. The summed E-state index contributed by atoms with van der Waals surface area (Å²) in [6, 6.07) is 7.17. The number of benzene rings is 1. The van der Waals surface area contributed by atoms with E-state index in [1.165, 1.54) is 26.4 Å². The van der Waals surface area contributed by atoms with Crippen LogP contribution in [0.4, 0.5) is 0 Å². The van der Waals surface area contributed by atoms with Crippen molar-refractivity contribution in [3.05, 3.63) is 35.4 Å². The van der Waals surface area contributed by atoms with Gasteiger partial charge in [-0.15, -0.1) is 0 Å². The topological polar surface area (TPSA) is 65.1 Å². The Kier molecular flexibility index (Phi) is 12.2. The molecular weight excluding hydrogens is 358 g/mol. The molecular formula is C22H35NO5. The number of nitrogens with zero attached hydrogens (tertiary/aromatic N) is 1. The molecule has 158 valence electrons. The van der Waals surface area contributed by atoms with Crippen LogP contribution in [0, 0.1) is 0 Å². The van der Waals surface area contributed by atoms with Gasteiger partial charge in [0.2, 0.25) is 0 Å². The van der Waals surface area contributed by atoms with Gasteiger partial charge >= 0.3 is 11.9 Å². The molecule has 0 aromatic heterocycles. The molecule has 0 bridgehead atoms. The minimum Gasteiger partial charge on any atom is -0.466 e. The van der Waals surface area contributed by atoms with Crippen molar-refractivity contribution in [2.75, 3.05) is 20.8 Å². The molecule has 0 amide bonds. The van der Waals surface area contributed by atoms with Crippen molar-refractivity contribution in [1.29, 1.82) is 0 Å². The monoisotopic (exact) mass is 393 g/mol. The summed E-state index contributed by atoms with van der Waals surface area (Å²) in [7, 11) is 2.99. The molecule has 1 aromatic carbocycles. The molecule has 0 saturated carbocycles. The third-order valence-electron chi connectivity index (χ3n) is 4.70. The van der Waals surface area contributed by atoms with Gasteiger partial charge in [0.25, 0.3) is 0 Å². The lowest BCUT2D eigenvalue weighted by atomic mass is 10.0. The number of methoxy groups -OCH3 is 1. The smallest absolute Gasteiger partial charge is 0.337 e. The highest BCUT2D eigenvalue weighted by Gasteiger charge is 2.23. The maximum Gasteiger partial charge on any atom is 0.337 e. The standard InChI is InChI=1S/C22H35NO5/c1-5-7-8-9-10-11-20(16-21(24)28-6-2)23(27-4)17-18-12-14-19(15-13-18)22(25)26-3/h12-15,20H,5-11,16-17H2,1-4H3. The zero-order valence-electron chi connectivity index (χ0n) is 17.7. The Labute approximate surface area is 169 Å². The van der Waals surface area contributed by atoms with Crippen molar-refractivity contribution >= 4 is 11.9 Å². The molecule has 1 aromatic rings. The number of esters is 2. The molecule has 6 nitrogen and oxygen atoms in total. The number of hydroxylamine groups is 2. The van der Waals surface area contributed by atoms with Gasteiger partial charge in [0, 0.05) is 12.6 Å². The van der Waals surface area contributed by atoms with E-state index in [-0.39, 0.29) is 18.0 Å². The van der Waals surface area contributed by atoms with E-state index in [1.54, 1.807) is 19.2 Å². The van der Waals surface area contributed by atoms with Crippen molar-refractivity contribution < 1.29 is 23.9 Å². The minimum absolute atomic E-state index is 0.0500. The van der Waals surface area contributed by atoms with Crippen LogP contribution in [0.25, 0.3) is 0 Å². The number of unbranched alkanes of at least 4 members (excludes halogenated alkanes) is 4. The number of hydrogen-bond acceptors (Lipinski definition) is 6. The molecule has 0 N–H and O–H groups in total. The van der Waals surface area contributed by atoms with Gasteiger partial charge in [0.05, 0.1) is 32.8 Å². The lowest BCUT2D eigenvalue weighted by Crippen LogP contribution is -2.36. The van der Waals surface area contributed by atoms with Crippen LogP contribution in [-0.4, -0.2) is 43.9 Å². The second-order valence-corrected chi connectivity index (χ2v) is 6.81. The highest BCUT2D eigenvalue weighted by atomic mass is 16.7. The van der Waals surface area contributed by atoms with Crippen molar-refractivity contribution in [3.63, 3.8) is 0 Å². The van der Waals surface area contributed by atoms with Crippen LogP contribution in [0.3, 0.4) is 0 Å². The molecule has 0 aliphatic carbocycles. The van der Waals surface area contributed by atoms with Crippen LogP contribution in [0.5, 0.6) is 0 Å². The summed E-state index contributed by atoms with van der Waals surface area (Å²) >= 11 is 0. The van der Waals surface area contributed by atoms with Crippen molar-refractivity contribution in [2.45, 2.75) is 71.4 Å². The van der Waals surface area contributed by atoms with Crippen LogP contribution >= 0.6 is 0 Å². The fourth-order valence-corrected chi connectivity index (χ4v) is 3.13. The van der Waals surface area contributed by atoms with Gasteiger partial charge in [0.1, 0.15) is 0 Å². The molecule has 0 saturated heterocycles. The number of rotatable bonds is 14. The first kappa shape index (κ1) is 24.1. The minimum atomic E-state index is -0.359. The fourth-order valence-electron chi connectivity index (χ4n) is 3.13. The summed E-state index contributed by atoms with van der Waals surface area (Å²) in [6.45, 7) is 4.91. The van der Waals surface area contributed by atoms with Gasteiger partial charge in [-0.05, 0) is 31.0 Å². The van der Waals surface area contributed by atoms with Crippen molar-refractivity contribution in [3.8, 4) is 0 Å². The summed E-state index contributed by atoms with van der Waals surface area (Å²) in [5.41, 5.74) is 1.50. The van der Waals surface area contributed by atoms with E-state index in [0.29, 0.717) is 25.1 Å². The molecule has 1 atom stereocenters. The van der Waals surface area contributed by atoms with Gasteiger partial charge in [-0.3, -0.25) is 4.79 Å². The Hall–Kier alpha value is -1.92. The summed E-state index contributed by atoms with van der Waals surface area (Å²) < 4.78 is 9.87. The third kappa shape index (κ3) is 8.85. The first-order valence-electron chi connectivity index (χ1n) is 10.2. The summed E-state index contributed by atoms with van der Waals surface area (Å²) in [4.78, 5) is 29.2. The van der Waals surface area contributed by atoms with Gasteiger partial charge in [-0.2, -0.15) is 5.06 Å². The molecule has 0 fully saturated rings. The first-order valence-corrected chi connectivity index (χ1v) is 10.2. The van der Waals surface area contributed by atoms with E-state index in [9.17, 15) is 9.59 Å². The number of carbonyl (C=O) groups is 2. The van der Waals surface area contributed by atoms with E-state index < -0.39 is 0 Å². The van der Waals surface area contributed by atoms with Crippen molar-refractivity contribution in [1.82, 2.24) is 5.06 Å². The summed E-state index contributed by atoms with van der Waals surface area (Å²) in [6.07, 6.45) is 7.03. The molecule has 0 radical (unpaired) electrons. The Morgan fingerprint density at radius 1 is 1.00 bits per heavy atom. The maximum atomic E-state index is 12.1.